The van der Waals surface area contributed by atoms with Crippen molar-refractivity contribution >= 4 is 22.8 Å². The highest BCUT2D eigenvalue weighted by Crippen LogP contribution is 2.66. The first-order valence-corrected chi connectivity index (χ1v) is 34.3. The van der Waals surface area contributed by atoms with Gasteiger partial charge in [0.2, 0.25) is 5.75 Å². The number of nitrogens with zero attached hydrogens (tertiary/aromatic N) is 3. The molecule has 5 aromatic rings. The maximum atomic E-state index is 13.7. The third-order valence-corrected chi connectivity index (χ3v) is 23.0. The number of hydrogen-bond acceptors (Lipinski definition) is 15. The molecule has 12 N–H and O–H groups in total. The van der Waals surface area contributed by atoms with E-state index >= 15 is 0 Å². The average molecular weight is 1270 g/mol. The maximum absolute atomic E-state index is 13.7. The zero-order valence-corrected chi connectivity index (χ0v) is 53.7. The molecule has 6 fully saturated rings. The topological polar surface area (TPSA) is 267 Å². The number of hydrogen-bond donors (Lipinski definition) is 11. The highest BCUT2D eigenvalue weighted by molar-refractivity contribution is 5.83. The molecule has 2 saturated heterocycles. The van der Waals surface area contributed by atoms with Crippen molar-refractivity contribution in [2.75, 3.05) is 33.3 Å². The second kappa shape index (κ2) is 26.2. The van der Waals surface area contributed by atoms with Crippen molar-refractivity contribution in [3.8, 4) is 52.4 Å². The minimum Gasteiger partial charge on any atom is -0.504 e. The Morgan fingerprint density at radius 1 is 0.957 bits per heavy atom. The number of nitrogens with one attached hydrogen (secondary N) is 6. The third kappa shape index (κ3) is 12.3. The number of guanidine groups is 1. The summed E-state index contributed by atoms with van der Waals surface area (Å²) in [6, 6.07) is 14.6. The molecule has 0 radical (unpaired) electrons. The minimum absolute atomic E-state index is 0.00422. The first-order valence-electron chi connectivity index (χ1n) is 34.3. The minimum atomic E-state index is -1.08. The van der Waals surface area contributed by atoms with Crippen molar-refractivity contribution in [2.45, 2.75) is 184 Å². The van der Waals surface area contributed by atoms with E-state index in [0.717, 1.165) is 92.8 Å². The lowest BCUT2D eigenvalue weighted by Crippen LogP contribution is -2.75. The van der Waals surface area contributed by atoms with E-state index in [2.05, 4.69) is 102 Å². The molecule has 4 aliphatic carbocycles. The first kappa shape index (κ1) is 62.6. The fraction of sp³-hybridized carbons (Fsp3) is 0.554. The van der Waals surface area contributed by atoms with E-state index in [1.165, 1.54) is 31.4 Å². The van der Waals surface area contributed by atoms with Gasteiger partial charge < -0.3 is 75.9 Å². The van der Waals surface area contributed by atoms with Gasteiger partial charge in [0, 0.05) is 111 Å². The van der Waals surface area contributed by atoms with Gasteiger partial charge in [0.15, 0.2) is 29.0 Å². The molecular formula is C74H92N10O9. The lowest BCUT2D eigenvalue weighted by Gasteiger charge is -2.57. The van der Waals surface area contributed by atoms with Gasteiger partial charge in [0.1, 0.15) is 24.6 Å². The summed E-state index contributed by atoms with van der Waals surface area (Å²) in [5.41, 5.74) is 9.17. The standard InChI is InChI=1S/C74H92N10O9/c1-46(85)91-54-37-61(52-35-59(87)67(88)63(36-52)90-32-22-47-11-10-29-77-41-47)93-64(38-54)71-23-7-13-50-12-3-4-15-56(50)81-69(89)66-68(84-43-51-21-31-78-57(51)44-84)82-70(83-74(66)27-9-16-60(55(74)14-8-24-71)92-62-33-48(39-71)17-18-58(62)86)80-45-73(40-49-20-30-79-65(75)34-49)53(42-76-2)19-28-72(73)25-5-6-26-72/h10-11,17-18,20-21,29,31,33-36,41,43-44,50,53-56,60-61,64,66,68-69,76,78-79,81,86-89H,3-6,9,12,15-16,19,22-28,30,32,37-40,42,45,75H2,1-2H3,(H2,80,82,83)/t50-,53+,54+,55-,56+,60+,61+,64-,66-,68+,69+,71+,73-,74+/m1/s1. The number of aliphatic hydroxyl groups is 1. The number of dihydropyridines is 1. The zero-order valence-electron chi connectivity index (χ0n) is 53.7. The normalized spacial score (nSPS) is 33.3. The molecule has 2 spiro atoms. The van der Waals surface area contributed by atoms with E-state index in [0.29, 0.717) is 87.0 Å². The number of aromatic nitrogens is 3. The molecule has 9 aliphatic rings. The van der Waals surface area contributed by atoms with E-state index in [-0.39, 0.29) is 58.8 Å². The summed E-state index contributed by atoms with van der Waals surface area (Å²) in [6.07, 6.45) is 25.6. The molecule has 492 valence electrons. The van der Waals surface area contributed by atoms with Crippen LogP contribution in [0.5, 0.6) is 28.7 Å². The molecule has 19 nitrogen and oxygen atoms in total. The molecule has 14 atom stereocenters. The molecule has 4 saturated carbocycles. The molecular weight excluding hydrogens is 1170 g/mol. The number of aromatic amines is 1. The molecule has 0 unspecified atom stereocenters. The van der Waals surface area contributed by atoms with Crippen molar-refractivity contribution < 1.29 is 44.2 Å². The molecule has 2 aromatic carbocycles. The molecule has 8 heterocycles. The van der Waals surface area contributed by atoms with E-state index in [4.69, 9.17) is 29.7 Å². The quantitative estimate of drug-likeness (QED) is 0.0281. The highest BCUT2D eigenvalue weighted by atomic mass is 16.6. The lowest BCUT2D eigenvalue weighted by molar-refractivity contribution is -0.174. The fourth-order valence-electron chi connectivity index (χ4n) is 18.6. The summed E-state index contributed by atoms with van der Waals surface area (Å²) in [6.45, 7) is 3.76. The number of aliphatic imine (C=N–C) groups is 1. The number of allylic oxidation sites excluding steroid dienone is 2. The summed E-state index contributed by atoms with van der Waals surface area (Å²) in [7, 11) is 2.07. The van der Waals surface area contributed by atoms with Crippen molar-refractivity contribution in [1.82, 2.24) is 41.1 Å². The number of aromatic hydroxyl groups is 3. The molecule has 93 heavy (non-hydrogen) atoms. The Hall–Kier alpha value is -7.81. The Kier molecular flexibility index (Phi) is 17.6. The Morgan fingerprint density at radius 2 is 1.82 bits per heavy atom. The summed E-state index contributed by atoms with van der Waals surface area (Å²) in [5, 5.41) is 68.5. The number of nitrogens with two attached hydrogens (primary N) is 1. The van der Waals surface area contributed by atoms with Crippen molar-refractivity contribution in [3.63, 3.8) is 0 Å². The Labute approximate surface area is 545 Å². The van der Waals surface area contributed by atoms with Crippen molar-refractivity contribution in [3.05, 3.63) is 120 Å². The van der Waals surface area contributed by atoms with Crippen LogP contribution in [0.15, 0.2) is 108 Å². The van der Waals surface area contributed by atoms with Crippen LogP contribution in [0.25, 0.3) is 10.9 Å². The lowest BCUT2D eigenvalue weighted by atomic mass is 9.58. The van der Waals surface area contributed by atoms with Gasteiger partial charge in [-0.2, -0.15) is 0 Å². The molecule has 14 rings (SSSR count). The van der Waals surface area contributed by atoms with E-state index in [1.807, 2.05) is 30.5 Å². The highest BCUT2D eigenvalue weighted by Gasteiger charge is 2.62. The van der Waals surface area contributed by atoms with E-state index in [1.54, 1.807) is 24.5 Å². The molecule has 19 heteroatoms. The van der Waals surface area contributed by atoms with Gasteiger partial charge in [-0.3, -0.25) is 20.1 Å². The van der Waals surface area contributed by atoms with Crippen LogP contribution in [-0.4, -0.2) is 116 Å². The number of aliphatic hydroxyl groups excluding tert-OH is 1. The Bertz CT molecular complexity index is 3750. The van der Waals surface area contributed by atoms with Crippen LogP contribution >= 0.6 is 0 Å². The number of phenolic OH excluding ortho intramolecular Hbond substituents is 3. The van der Waals surface area contributed by atoms with Crippen LogP contribution in [0.1, 0.15) is 151 Å². The van der Waals surface area contributed by atoms with E-state index in [9.17, 15) is 25.2 Å². The SMILES string of the molecule is CNC[C@@H]1CCC2(CCCC2)[C@@]1(CN=C1N[C@@H](n2cc3cc[nH]c3c2)[C@@H]2[C@H](O)N[C@H]3CCCC[C@@H]3C#CC[C@]3([C@H]4C[C@@H](OC(C)=O)C[C@@H](c5cc(O)c(O)c(OCCc6cccnc6)c5)O4)CC#C[C@@H]4[C@H](CCC[C@@]24N1)Oc1cc(ccc1O)C3)CC1=CCNC(N)=C1. The number of carbonyl (C=O) groups excluding carboxylic acids is 1. The van der Waals surface area contributed by atoms with Crippen molar-refractivity contribution in [2.24, 2.45) is 50.6 Å². The number of esters is 1. The van der Waals surface area contributed by atoms with Gasteiger partial charge in [0.05, 0.1) is 47.5 Å². The zero-order chi connectivity index (χ0) is 63.9. The molecule has 0 amide bonds. The monoisotopic (exact) mass is 1260 g/mol. The van der Waals surface area contributed by atoms with Crippen LogP contribution in [0.4, 0.5) is 0 Å². The van der Waals surface area contributed by atoms with Crippen LogP contribution in [0, 0.1) is 63.6 Å². The number of phenols is 3. The van der Waals surface area contributed by atoms with E-state index < -0.39 is 65.6 Å². The van der Waals surface area contributed by atoms with Gasteiger partial charge in [-0.05, 0) is 160 Å². The number of ether oxygens (including phenoxy) is 4. The number of fused-ring (bicyclic) bond motifs is 6. The van der Waals surface area contributed by atoms with Gasteiger partial charge in [0.25, 0.3) is 0 Å². The Balaban J connectivity index is 0.917. The summed E-state index contributed by atoms with van der Waals surface area (Å²) in [5.74, 6) is 15.1. The summed E-state index contributed by atoms with van der Waals surface area (Å²) < 4.78 is 29.4. The van der Waals surface area contributed by atoms with Gasteiger partial charge in [-0.1, -0.05) is 55.7 Å². The van der Waals surface area contributed by atoms with Crippen LogP contribution in [-0.2, 0) is 27.1 Å². The second-order valence-corrected chi connectivity index (χ2v) is 28.5. The number of rotatable bonds is 14. The smallest absolute Gasteiger partial charge is 0.302 e. The number of benzene rings is 2. The van der Waals surface area contributed by atoms with Gasteiger partial charge >= 0.3 is 5.97 Å². The van der Waals surface area contributed by atoms with Crippen LogP contribution in [0.3, 0.4) is 0 Å². The first-order chi connectivity index (χ1) is 45.2. The molecule has 4 bridgehead atoms. The summed E-state index contributed by atoms with van der Waals surface area (Å²) in [4.78, 5) is 26.8. The number of carbonyl (C=O) groups is 1. The second-order valence-electron chi connectivity index (χ2n) is 28.5. The predicted molar refractivity (Wildman–Crippen MR) is 354 cm³/mol. The molecule has 3 aromatic heterocycles. The number of pyridine rings is 1. The predicted octanol–water partition coefficient (Wildman–Crippen LogP) is 9.31. The summed E-state index contributed by atoms with van der Waals surface area (Å²) >= 11 is 0. The van der Waals surface area contributed by atoms with Crippen molar-refractivity contribution in [1.29, 1.82) is 0 Å². The largest absolute Gasteiger partial charge is 0.504 e. The average Bonchev–Trinajstić information content (AvgIpc) is 1.11. The Morgan fingerprint density at radius 3 is 2.63 bits per heavy atom. The van der Waals surface area contributed by atoms with Crippen LogP contribution < -0.4 is 41.8 Å². The maximum Gasteiger partial charge on any atom is 0.302 e. The van der Waals surface area contributed by atoms with Gasteiger partial charge in [-0.25, -0.2) is 0 Å². The third-order valence-electron chi connectivity index (χ3n) is 23.0. The van der Waals surface area contributed by atoms with Crippen LogP contribution in [0.2, 0.25) is 0 Å². The number of H-pyrrole nitrogens is 1. The molecule has 5 aliphatic heterocycles. The van der Waals surface area contributed by atoms with Gasteiger partial charge in [-0.15, -0.1) is 11.8 Å². The fourth-order valence-corrected chi connectivity index (χ4v) is 18.6.